The van der Waals surface area contributed by atoms with Crippen LogP contribution in [-0.2, 0) is 0 Å². The first-order chi connectivity index (χ1) is 4.97. The van der Waals surface area contributed by atoms with E-state index in [0.717, 1.165) is 30.8 Å². The Kier molecular flexibility index (Phi) is 1.31. The van der Waals surface area contributed by atoms with Crippen LogP contribution in [0.2, 0.25) is 0 Å². The third kappa shape index (κ3) is 0.856. The molecule has 0 saturated carbocycles. The summed E-state index contributed by atoms with van der Waals surface area (Å²) in [6, 6.07) is 0. The Morgan fingerprint density at radius 1 is 1.40 bits per heavy atom. The van der Waals surface area contributed by atoms with Crippen LogP contribution in [0.15, 0.2) is 29.0 Å². The van der Waals surface area contributed by atoms with Crippen LogP contribution in [0.25, 0.3) is 0 Å². The van der Waals surface area contributed by atoms with Gasteiger partial charge in [-0.25, -0.2) is 0 Å². The van der Waals surface area contributed by atoms with Gasteiger partial charge in [-0.3, -0.25) is 10.3 Å². The SMILES string of the molecule is C1=C[N]C2=CCCN=C2C1. The van der Waals surface area contributed by atoms with Crippen molar-refractivity contribution in [3.05, 3.63) is 24.0 Å². The Morgan fingerprint density at radius 2 is 2.40 bits per heavy atom. The van der Waals surface area contributed by atoms with Crippen molar-refractivity contribution in [3.63, 3.8) is 0 Å². The molecule has 0 aromatic heterocycles. The van der Waals surface area contributed by atoms with Crippen LogP contribution >= 0.6 is 0 Å². The quantitative estimate of drug-likeness (QED) is 0.475. The van der Waals surface area contributed by atoms with Gasteiger partial charge < -0.3 is 0 Å². The fraction of sp³-hybridized carbons (Fsp3) is 0.375. The summed E-state index contributed by atoms with van der Waals surface area (Å²) < 4.78 is 0. The van der Waals surface area contributed by atoms with Gasteiger partial charge in [0.25, 0.3) is 0 Å². The largest absolute Gasteiger partial charge is 0.287 e. The summed E-state index contributed by atoms with van der Waals surface area (Å²) >= 11 is 0. The second-order valence-corrected chi connectivity index (χ2v) is 2.42. The van der Waals surface area contributed by atoms with Gasteiger partial charge in [0.2, 0.25) is 0 Å². The Labute approximate surface area is 60.3 Å². The molecule has 0 amide bonds. The van der Waals surface area contributed by atoms with Crippen LogP contribution in [-0.4, -0.2) is 12.3 Å². The Balaban J connectivity index is 2.30. The number of hydrogen-bond acceptors (Lipinski definition) is 1. The zero-order chi connectivity index (χ0) is 6.81. The van der Waals surface area contributed by atoms with E-state index < -0.39 is 0 Å². The smallest absolute Gasteiger partial charge is 0.0803 e. The molecule has 2 heterocycles. The van der Waals surface area contributed by atoms with Gasteiger partial charge in [-0.1, -0.05) is 12.2 Å². The lowest BCUT2D eigenvalue weighted by atomic mass is 10.1. The van der Waals surface area contributed by atoms with Crippen molar-refractivity contribution in [2.24, 2.45) is 4.99 Å². The van der Waals surface area contributed by atoms with Gasteiger partial charge in [0.05, 0.1) is 11.4 Å². The second kappa shape index (κ2) is 2.29. The third-order valence-electron chi connectivity index (χ3n) is 1.70. The molecule has 10 heavy (non-hydrogen) atoms. The summed E-state index contributed by atoms with van der Waals surface area (Å²) in [5.74, 6) is 0. The molecule has 2 heteroatoms. The van der Waals surface area contributed by atoms with Gasteiger partial charge in [-0.05, 0) is 6.42 Å². The summed E-state index contributed by atoms with van der Waals surface area (Å²) in [7, 11) is 0. The highest BCUT2D eigenvalue weighted by Crippen LogP contribution is 2.12. The summed E-state index contributed by atoms with van der Waals surface area (Å²) in [6.45, 7) is 0.947. The topological polar surface area (TPSA) is 26.5 Å². The highest BCUT2D eigenvalue weighted by molar-refractivity contribution is 6.01. The number of fused-ring (bicyclic) bond motifs is 1. The summed E-state index contributed by atoms with van der Waals surface area (Å²) in [5, 5.41) is 4.20. The van der Waals surface area contributed by atoms with E-state index in [2.05, 4.69) is 16.4 Å². The van der Waals surface area contributed by atoms with E-state index in [1.165, 1.54) is 0 Å². The maximum absolute atomic E-state index is 4.35. The molecular formula is C8H9N2. The van der Waals surface area contributed by atoms with Gasteiger partial charge >= 0.3 is 0 Å². The molecule has 1 radical (unpaired) electrons. The molecule has 0 fully saturated rings. The monoisotopic (exact) mass is 133 g/mol. The zero-order valence-corrected chi connectivity index (χ0v) is 5.75. The normalized spacial score (nSPS) is 22.4. The average molecular weight is 133 g/mol. The number of dihydropyridines is 1. The van der Waals surface area contributed by atoms with E-state index in [-0.39, 0.29) is 0 Å². The Hall–Kier alpha value is -1.05. The lowest BCUT2D eigenvalue weighted by Gasteiger charge is -2.14. The molecule has 2 aliphatic heterocycles. The molecule has 0 aromatic carbocycles. The van der Waals surface area contributed by atoms with Gasteiger partial charge in [0, 0.05) is 19.2 Å². The maximum atomic E-state index is 4.35. The van der Waals surface area contributed by atoms with Gasteiger partial charge in [-0.15, -0.1) is 0 Å². The first kappa shape index (κ1) is 5.71. The molecule has 0 bridgehead atoms. The third-order valence-corrected chi connectivity index (χ3v) is 1.70. The van der Waals surface area contributed by atoms with Crippen LogP contribution in [0, 0.1) is 0 Å². The van der Waals surface area contributed by atoms with E-state index in [9.17, 15) is 0 Å². The first-order valence-corrected chi connectivity index (χ1v) is 3.56. The highest BCUT2D eigenvalue weighted by Gasteiger charge is 2.11. The Bertz CT molecular complexity index is 199. The fourth-order valence-electron chi connectivity index (χ4n) is 1.19. The lowest BCUT2D eigenvalue weighted by Crippen LogP contribution is -2.17. The standard InChI is InChI=1S/C8H9N2/c1-3-7-8(9-5-1)4-2-6-10-7/h1,4-5H,2-3,6H2. The van der Waals surface area contributed by atoms with E-state index in [1.54, 1.807) is 0 Å². The molecule has 2 aliphatic rings. The first-order valence-electron chi connectivity index (χ1n) is 3.56. The van der Waals surface area contributed by atoms with Crippen LogP contribution in [0.3, 0.4) is 0 Å². The molecule has 0 aromatic rings. The van der Waals surface area contributed by atoms with Crippen molar-refractivity contribution in [1.82, 2.24) is 5.32 Å². The number of hydrogen-bond donors (Lipinski definition) is 0. The van der Waals surface area contributed by atoms with Gasteiger partial charge in [0.1, 0.15) is 0 Å². The van der Waals surface area contributed by atoms with Gasteiger partial charge in [0.15, 0.2) is 0 Å². The lowest BCUT2D eigenvalue weighted by molar-refractivity contribution is 0.919. The van der Waals surface area contributed by atoms with Crippen molar-refractivity contribution in [3.8, 4) is 0 Å². The molecule has 51 valence electrons. The molecule has 0 N–H and O–H groups in total. The molecule has 2 nitrogen and oxygen atoms in total. The van der Waals surface area contributed by atoms with Crippen LogP contribution in [0.1, 0.15) is 12.8 Å². The van der Waals surface area contributed by atoms with Crippen molar-refractivity contribution in [2.75, 3.05) is 6.54 Å². The minimum absolute atomic E-state index is 0.947. The molecule has 0 atom stereocenters. The van der Waals surface area contributed by atoms with E-state index >= 15 is 0 Å². The van der Waals surface area contributed by atoms with Crippen molar-refractivity contribution >= 4 is 5.71 Å². The average Bonchev–Trinajstić information content (AvgIpc) is 2.05. The highest BCUT2D eigenvalue weighted by atomic mass is 14.9. The van der Waals surface area contributed by atoms with E-state index in [4.69, 9.17) is 0 Å². The maximum Gasteiger partial charge on any atom is 0.0803 e. The number of rotatable bonds is 0. The van der Waals surface area contributed by atoms with Gasteiger partial charge in [-0.2, -0.15) is 0 Å². The predicted molar refractivity (Wildman–Crippen MR) is 40.9 cm³/mol. The second-order valence-electron chi connectivity index (χ2n) is 2.42. The number of aliphatic imine (C=N–C) groups is 1. The number of nitrogens with zero attached hydrogens (tertiary/aromatic N) is 2. The molecule has 2 rings (SSSR count). The minimum Gasteiger partial charge on any atom is -0.287 e. The Morgan fingerprint density at radius 3 is 3.30 bits per heavy atom. The number of allylic oxidation sites excluding steroid dienone is 2. The molecule has 0 saturated heterocycles. The minimum atomic E-state index is 0.947. The van der Waals surface area contributed by atoms with E-state index in [1.807, 2.05) is 12.3 Å². The summed E-state index contributed by atoms with van der Waals surface area (Å²) in [5.41, 5.74) is 2.25. The zero-order valence-electron chi connectivity index (χ0n) is 5.75. The van der Waals surface area contributed by atoms with Crippen molar-refractivity contribution in [2.45, 2.75) is 12.8 Å². The molecule has 0 spiro atoms. The fourth-order valence-corrected chi connectivity index (χ4v) is 1.19. The van der Waals surface area contributed by atoms with Crippen molar-refractivity contribution in [1.29, 1.82) is 0 Å². The summed E-state index contributed by atoms with van der Waals surface area (Å²) in [4.78, 5) is 4.35. The molecular weight excluding hydrogens is 124 g/mol. The summed E-state index contributed by atoms with van der Waals surface area (Å²) in [6.07, 6.45) is 8.08. The van der Waals surface area contributed by atoms with Crippen LogP contribution in [0.5, 0.6) is 0 Å². The predicted octanol–water partition coefficient (Wildman–Crippen LogP) is 1.24. The molecule has 0 unspecified atom stereocenters. The van der Waals surface area contributed by atoms with Crippen molar-refractivity contribution < 1.29 is 0 Å². The van der Waals surface area contributed by atoms with E-state index in [0.29, 0.717) is 0 Å². The molecule has 0 aliphatic carbocycles. The van der Waals surface area contributed by atoms with Crippen LogP contribution < -0.4 is 5.32 Å². The van der Waals surface area contributed by atoms with Crippen LogP contribution in [0.4, 0.5) is 0 Å².